The molecule has 0 spiro atoms. The molecule has 2 rings (SSSR count). The van der Waals surface area contributed by atoms with Crippen molar-refractivity contribution in [1.29, 1.82) is 0 Å². The Morgan fingerprint density at radius 2 is 2.05 bits per heavy atom. The molecule has 1 saturated heterocycles. The predicted molar refractivity (Wildman–Crippen MR) is 78.6 cm³/mol. The van der Waals surface area contributed by atoms with E-state index in [9.17, 15) is 14.7 Å². The third-order valence-electron chi connectivity index (χ3n) is 4.47. The number of nitrogens with zero attached hydrogens (tertiary/aromatic N) is 2. The normalized spacial score (nSPS) is 32.0. The van der Waals surface area contributed by atoms with E-state index in [0.717, 1.165) is 19.3 Å². The van der Waals surface area contributed by atoms with Crippen LogP contribution in [-0.2, 0) is 4.79 Å². The number of carbonyl (C=O) groups is 1. The highest BCUT2D eigenvalue weighted by Gasteiger charge is 2.42. The summed E-state index contributed by atoms with van der Waals surface area (Å²) >= 11 is 0. The number of urea groups is 1. The third kappa shape index (κ3) is 4.05. The van der Waals surface area contributed by atoms with Crippen molar-refractivity contribution in [2.45, 2.75) is 52.2 Å². The number of amides is 2. The van der Waals surface area contributed by atoms with Crippen LogP contribution in [0.2, 0.25) is 0 Å². The molecule has 118 valence electrons. The first kappa shape index (κ1) is 16.0. The molecule has 2 N–H and O–H groups in total. The van der Waals surface area contributed by atoms with Crippen LogP contribution < -0.4 is 5.32 Å². The molecule has 0 aromatic carbocycles. The van der Waals surface area contributed by atoms with E-state index in [2.05, 4.69) is 31.1 Å². The SMILES string of the molecule is CC1(C)CC(N=C=O)CC(C)(CNC(=O)N2CC(O)C2)C1. The van der Waals surface area contributed by atoms with Crippen LogP contribution in [0.3, 0.4) is 0 Å². The van der Waals surface area contributed by atoms with Crippen molar-refractivity contribution in [3.8, 4) is 0 Å². The summed E-state index contributed by atoms with van der Waals surface area (Å²) in [7, 11) is 0. The minimum absolute atomic E-state index is 0.0148. The van der Waals surface area contributed by atoms with Crippen LogP contribution >= 0.6 is 0 Å². The highest BCUT2D eigenvalue weighted by atomic mass is 16.3. The fourth-order valence-corrected chi connectivity index (χ4v) is 3.90. The standard InChI is InChI=1S/C15H25N3O3/c1-14(2)4-11(17-10-19)5-15(3,8-14)9-16-13(21)18-6-12(20)7-18/h11-12,20H,4-9H2,1-3H3,(H,16,21). The second kappa shape index (κ2) is 5.78. The van der Waals surface area contributed by atoms with E-state index in [1.54, 1.807) is 11.0 Å². The van der Waals surface area contributed by atoms with Crippen molar-refractivity contribution in [2.24, 2.45) is 15.8 Å². The molecular weight excluding hydrogens is 270 g/mol. The Labute approximate surface area is 125 Å². The highest BCUT2D eigenvalue weighted by Crippen LogP contribution is 2.46. The first-order valence-electron chi connectivity index (χ1n) is 7.51. The average Bonchev–Trinajstić information content (AvgIpc) is 2.30. The van der Waals surface area contributed by atoms with E-state index in [0.29, 0.717) is 19.6 Å². The van der Waals surface area contributed by atoms with Gasteiger partial charge in [0.05, 0.1) is 25.2 Å². The lowest BCUT2D eigenvalue weighted by Crippen LogP contribution is -2.58. The maximum Gasteiger partial charge on any atom is 0.317 e. The molecule has 2 amide bonds. The first-order valence-corrected chi connectivity index (χ1v) is 7.51. The first-order chi connectivity index (χ1) is 9.73. The molecule has 2 fully saturated rings. The lowest BCUT2D eigenvalue weighted by Gasteiger charge is -2.45. The van der Waals surface area contributed by atoms with Crippen LogP contribution in [0.25, 0.3) is 0 Å². The van der Waals surface area contributed by atoms with E-state index < -0.39 is 0 Å². The van der Waals surface area contributed by atoms with Gasteiger partial charge >= 0.3 is 6.03 Å². The van der Waals surface area contributed by atoms with Gasteiger partial charge in [-0.2, -0.15) is 0 Å². The molecule has 1 aliphatic heterocycles. The average molecular weight is 295 g/mol. The molecular formula is C15H25N3O3. The number of nitrogens with one attached hydrogen (secondary N) is 1. The van der Waals surface area contributed by atoms with Crippen LogP contribution in [0.1, 0.15) is 40.0 Å². The Morgan fingerprint density at radius 3 is 2.62 bits per heavy atom. The molecule has 1 aliphatic carbocycles. The number of aliphatic hydroxyl groups is 1. The summed E-state index contributed by atoms with van der Waals surface area (Å²) in [4.78, 5) is 28.0. The van der Waals surface area contributed by atoms with Gasteiger partial charge in [0, 0.05) is 6.54 Å². The zero-order valence-corrected chi connectivity index (χ0v) is 13.1. The lowest BCUT2D eigenvalue weighted by molar-refractivity contribution is 0.0239. The third-order valence-corrected chi connectivity index (χ3v) is 4.47. The molecule has 2 aliphatic rings. The van der Waals surface area contributed by atoms with Crippen LogP contribution in [0.4, 0.5) is 4.79 Å². The number of rotatable bonds is 3. The molecule has 2 unspecified atom stereocenters. The van der Waals surface area contributed by atoms with E-state index in [-0.39, 0.29) is 29.0 Å². The summed E-state index contributed by atoms with van der Waals surface area (Å²) in [5.74, 6) is 0. The molecule has 6 heteroatoms. The number of isocyanates is 1. The van der Waals surface area contributed by atoms with Crippen molar-refractivity contribution in [2.75, 3.05) is 19.6 Å². The summed E-state index contributed by atoms with van der Waals surface area (Å²) in [6.45, 7) is 7.86. The zero-order valence-electron chi connectivity index (χ0n) is 13.1. The van der Waals surface area contributed by atoms with Crippen molar-refractivity contribution < 1.29 is 14.7 Å². The number of hydrogen-bond donors (Lipinski definition) is 2. The highest BCUT2D eigenvalue weighted by molar-refractivity contribution is 5.75. The monoisotopic (exact) mass is 295 g/mol. The van der Waals surface area contributed by atoms with Gasteiger partial charge in [-0.3, -0.25) is 0 Å². The number of carbonyl (C=O) groups excluding carboxylic acids is 2. The lowest BCUT2D eigenvalue weighted by atomic mass is 9.63. The van der Waals surface area contributed by atoms with Gasteiger partial charge in [0.2, 0.25) is 6.08 Å². The zero-order chi connectivity index (χ0) is 15.7. The van der Waals surface area contributed by atoms with Gasteiger partial charge in [0.1, 0.15) is 0 Å². The van der Waals surface area contributed by atoms with Crippen LogP contribution in [0, 0.1) is 10.8 Å². The summed E-state index contributed by atoms with van der Waals surface area (Å²) in [6, 6.07) is -0.140. The van der Waals surface area contributed by atoms with Gasteiger partial charge in [0.15, 0.2) is 0 Å². The summed E-state index contributed by atoms with van der Waals surface area (Å²) in [5.41, 5.74) is 0.0155. The molecule has 2 atom stereocenters. The quantitative estimate of drug-likeness (QED) is 0.608. The number of likely N-dealkylation sites (tertiary alicyclic amines) is 1. The molecule has 0 radical (unpaired) electrons. The van der Waals surface area contributed by atoms with Gasteiger partial charge < -0.3 is 15.3 Å². The van der Waals surface area contributed by atoms with E-state index in [1.807, 2.05) is 0 Å². The van der Waals surface area contributed by atoms with Gasteiger partial charge in [-0.15, -0.1) is 0 Å². The summed E-state index contributed by atoms with van der Waals surface area (Å²) in [6.07, 6.45) is 3.93. The largest absolute Gasteiger partial charge is 0.389 e. The van der Waals surface area contributed by atoms with Crippen LogP contribution in [-0.4, -0.2) is 53.9 Å². The van der Waals surface area contributed by atoms with Gasteiger partial charge in [-0.25, -0.2) is 14.6 Å². The van der Waals surface area contributed by atoms with Gasteiger partial charge in [0.25, 0.3) is 0 Å². The molecule has 0 aromatic heterocycles. The molecule has 6 nitrogen and oxygen atoms in total. The molecule has 0 bridgehead atoms. The van der Waals surface area contributed by atoms with Gasteiger partial charge in [-0.1, -0.05) is 20.8 Å². The number of aliphatic imine (C=N–C) groups is 1. The molecule has 0 aromatic rings. The van der Waals surface area contributed by atoms with E-state index >= 15 is 0 Å². The van der Waals surface area contributed by atoms with E-state index in [4.69, 9.17) is 0 Å². The Morgan fingerprint density at radius 1 is 1.38 bits per heavy atom. The molecule has 1 heterocycles. The number of aliphatic hydroxyl groups excluding tert-OH is 1. The van der Waals surface area contributed by atoms with Gasteiger partial charge in [-0.05, 0) is 30.1 Å². The van der Waals surface area contributed by atoms with Crippen molar-refractivity contribution >= 4 is 12.1 Å². The second-order valence-corrected chi connectivity index (χ2v) is 7.65. The number of β-amino-alcohol motifs (C(OH)–C–C–N with tert-alkyl or cyclic N) is 1. The van der Waals surface area contributed by atoms with Crippen molar-refractivity contribution in [1.82, 2.24) is 10.2 Å². The Balaban J connectivity index is 1.93. The topological polar surface area (TPSA) is 82.0 Å². The molecule has 21 heavy (non-hydrogen) atoms. The Kier molecular flexibility index (Phi) is 4.40. The maximum absolute atomic E-state index is 11.9. The predicted octanol–water partition coefficient (Wildman–Crippen LogP) is 1.29. The fourth-order valence-electron chi connectivity index (χ4n) is 3.90. The van der Waals surface area contributed by atoms with Crippen molar-refractivity contribution in [3.05, 3.63) is 0 Å². The fraction of sp³-hybridized carbons (Fsp3) is 0.867. The summed E-state index contributed by atoms with van der Waals surface area (Å²) in [5, 5.41) is 12.2. The Bertz CT molecular complexity index is 453. The molecule has 1 saturated carbocycles. The van der Waals surface area contributed by atoms with E-state index in [1.165, 1.54) is 0 Å². The van der Waals surface area contributed by atoms with Crippen LogP contribution in [0.5, 0.6) is 0 Å². The van der Waals surface area contributed by atoms with Crippen LogP contribution in [0.15, 0.2) is 4.99 Å². The minimum Gasteiger partial charge on any atom is -0.389 e. The smallest absolute Gasteiger partial charge is 0.317 e. The second-order valence-electron chi connectivity index (χ2n) is 7.65. The van der Waals surface area contributed by atoms with Crippen molar-refractivity contribution in [3.63, 3.8) is 0 Å². The summed E-state index contributed by atoms with van der Waals surface area (Å²) < 4.78 is 0. The maximum atomic E-state index is 11.9. The Hall–Kier alpha value is -1.39. The number of hydrogen-bond acceptors (Lipinski definition) is 4. The minimum atomic E-state index is -0.383.